The third kappa shape index (κ3) is 1.90. The lowest BCUT2D eigenvalue weighted by Crippen LogP contribution is -2.56. The van der Waals surface area contributed by atoms with Crippen LogP contribution in [-0.2, 0) is 9.53 Å². The molecule has 0 aromatic carbocycles. The number of carbonyl (C=O) groups is 1. The fourth-order valence-corrected chi connectivity index (χ4v) is 9.01. The second kappa shape index (κ2) is 5.18. The van der Waals surface area contributed by atoms with E-state index >= 15 is 0 Å². The zero-order chi connectivity index (χ0) is 18.6. The summed E-state index contributed by atoms with van der Waals surface area (Å²) in [6, 6.07) is 0. The van der Waals surface area contributed by atoms with Gasteiger partial charge in [0.15, 0.2) is 0 Å². The molecule has 1 spiro atoms. The summed E-state index contributed by atoms with van der Waals surface area (Å²) in [4.78, 5) is 12.1. The molecule has 4 nitrogen and oxygen atoms in total. The van der Waals surface area contributed by atoms with Crippen LogP contribution in [0, 0.1) is 46.8 Å². The van der Waals surface area contributed by atoms with Gasteiger partial charge in [0.2, 0.25) is 0 Å². The molecule has 4 heteroatoms. The molecule has 0 radical (unpaired) electrons. The lowest BCUT2D eigenvalue weighted by atomic mass is 9.47. The van der Waals surface area contributed by atoms with Crippen molar-refractivity contribution >= 4 is 11.7 Å². The van der Waals surface area contributed by atoms with Crippen LogP contribution in [0.5, 0.6) is 0 Å². The molecule has 3 unspecified atom stereocenters. The van der Waals surface area contributed by atoms with Crippen molar-refractivity contribution in [1.82, 2.24) is 0 Å². The highest BCUT2D eigenvalue weighted by molar-refractivity contribution is 5.96. The Morgan fingerprint density at radius 3 is 2.81 bits per heavy atom. The van der Waals surface area contributed by atoms with Crippen LogP contribution in [0.4, 0.5) is 0 Å². The summed E-state index contributed by atoms with van der Waals surface area (Å²) in [6.45, 7) is 4.93. The second-order valence-electron chi connectivity index (χ2n) is 10.7. The van der Waals surface area contributed by atoms with Crippen LogP contribution in [-0.4, -0.2) is 22.5 Å². The molecule has 5 fully saturated rings. The van der Waals surface area contributed by atoms with Crippen molar-refractivity contribution in [3.63, 3.8) is 0 Å². The number of esters is 1. The number of oxime groups is 1. The molecule has 0 aromatic heterocycles. The predicted molar refractivity (Wildman–Crippen MR) is 101 cm³/mol. The van der Waals surface area contributed by atoms with Crippen LogP contribution in [0.2, 0.25) is 0 Å². The highest BCUT2D eigenvalue weighted by atomic mass is 16.6. The van der Waals surface area contributed by atoms with Crippen LogP contribution >= 0.6 is 0 Å². The Morgan fingerprint density at radius 2 is 2.07 bits per heavy atom. The molecular weight excluding hydrogens is 338 g/mol. The van der Waals surface area contributed by atoms with Gasteiger partial charge in [-0.25, -0.2) is 0 Å². The van der Waals surface area contributed by atoms with E-state index < -0.39 is 0 Å². The van der Waals surface area contributed by atoms with Crippen molar-refractivity contribution in [2.75, 3.05) is 0 Å². The van der Waals surface area contributed by atoms with Crippen LogP contribution < -0.4 is 0 Å². The number of ether oxygens (including phenoxy) is 1. The Hall–Kier alpha value is -1.32. The van der Waals surface area contributed by atoms with Crippen LogP contribution in [0.25, 0.3) is 0 Å². The fourth-order valence-electron chi connectivity index (χ4n) is 9.01. The van der Waals surface area contributed by atoms with Gasteiger partial charge in [-0.3, -0.25) is 4.79 Å². The number of fused-ring (bicyclic) bond motifs is 9. The zero-order valence-corrected chi connectivity index (χ0v) is 16.5. The quantitative estimate of drug-likeness (QED) is 0.387. The molecule has 5 aliphatic carbocycles. The number of rotatable bonds is 0. The molecule has 1 N–H and O–H groups in total. The summed E-state index contributed by atoms with van der Waals surface area (Å²) >= 11 is 0. The standard InChI is InChI=1S/C23H31NO3/c1-12-9-13-10-14(24-26)3-4-15(13)16-5-7-22(2)21(20(12)16)17-11-18(17)23(22)8-6-19(25)27-23/h10,12,15-18,20-21,26H,3-9,11H2,1-2H3/b24-14+/t12-,15-,16?,17-,18+,20?,21?,22-,23-/m0/s1. The molecule has 9 atom stereocenters. The topological polar surface area (TPSA) is 58.9 Å². The molecule has 0 amide bonds. The summed E-state index contributed by atoms with van der Waals surface area (Å²) in [5.74, 6) is 5.11. The molecule has 27 heavy (non-hydrogen) atoms. The normalized spacial score (nSPS) is 56.8. The highest BCUT2D eigenvalue weighted by Gasteiger charge is 2.78. The maximum absolute atomic E-state index is 12.1. The van der Waals surface area contributed by atoms with Gasteiger partial charge in [-0.05, 0) is 86.5 Å². The Kier molecular flexibility index (Phi) is 3.19. The summed E-state index contributed by atoms with van der Waals surface area (Å²) < 4.78 is 6.19. The largest absolute Gasteiger partial charge is 0.458 e. The third-order valence-corrected chi connectivity index (χ3v) is 9.90. The first-order valence-electron chi connectivity index (χ1n) is 11.1. The maximum atomic E-state index is 12.1. The van der Waals surface area contributed by atoms with Gasteiger partial charge in [-0.15, -0.1) is 0 Å². The molecule has 6 rings (SSSR count). The minimum atomic E-state index is -0.135. The van der Waals surface area contributed by atoms with E-state index in [4.69, 9.17) is 4.74 Å². The number of carbonyl (C=O) groups excluding carboxylic acids is 1. The SMILES string of the molecule is C[C@H]1CC2=C/C(=N/O)CC[C@@H]2C2CC[C@@]3(C)C(C21)[C@H]1C[C@H]1[C@@]31CCC(=O)O1. The van der Waals surface area contributed by atoms with E-state index in [1.165, 1.54) is 19.3 Å². The fraction of sp³-hybridized carbons (Fsp3) is 0.826. The number of nitrogens with zero attached hydrogens (tertiary/aromatic N) is 1. The maximum Gasteiger partial charge on any atom is 0.306 e. The minimum Gasteiger partial charge on any atom is -0.458 e. The Balaban J connectivity index is 1.38. The summed E-state index contributed by atoms with van der Waals surface area (Å²) in [5.41, 5.74) is 2.46. The molecule has 1 aliphatic heterocycles. The average Bonchev–Trinajstić information content (AvgIpc) is 3.30. The van der Waals surface area contributed by atoms with Gasteiger partial charge in [0.05, 0.1) is 5.71 Å². The lowest BCUT2D eigenvalue weighted by Gasteiger charge is -2.59. The monoisotopic (exact) mass is 369 g/mol. The molecule has 0 aromatic rings. The van der Waals surface area contributed by atoms with Crippen LogP contribution in [0.15, 0.2) is 16.8 Å². The summed E-state index contributed by atoms with van der Waals surface area (Å²) in [5, 5.41) is 12.7. The van der Waals surface area contributed by atoms with Gasteiger partial charge in [0.1, 0.15) is 5.60 Å². The lowest BCUT2D eigenvalue weighted by molar-refractivity contribution is -0.176. The first kappa shape index (κ1) is 16.6. The minimum absolute atomic E-state index is 0.0506. The smallest absolute Gasteiger partial charge is 0.306 e. The Morgan fingerprint density at radius 1 is 1.22 bits per heavy atom. The van der Waals surface area contributed by atoms with E-state index in [9.17, 15) is 10.0 Å². The molecule has 4 saturated carbocycles. The van der Waals surface area contributed by atoms with E-state index in [0.717, 1.165) is 55.1 Å². The van der Waals surface area contributed by atoms with Crippen LogP contribution in [0.3, 0.4) is 0 Å². The number of allylic oxidation sites excluding steroid dienone is 2. The molecule has 1 saturated heterocycles. The first-order chi connectivity index (χ1) is 13.0. The van der Waals surface area contributed by atoms with Crippen molar-refractivity contribution in [1.29, 1.82) is 0 Å². The van der Waals surface area contributed by atoms with Gasteiger partial charge in [0.25, 0.3) is 0 Å². The molecule has 1 heterocycles. The predicted octanol–water partition coefficient (Wildman–Crippen LogP) is 4.57. The van der Waals surface area contributed by atoms with Gasteiger partial charge >= 0.3 is 5.97 Å². The average molecular weight is 370 g/mol. The molecule has 146 valence electrons. The Labute approximate surface area is 161 Å². The zero-order valence-electron chi connectivity index (χ0n) is 16.5. The summed E-state index contributed by atoms with van der Waals surface area (Å²) in [7, 11) is 0. The van der Waals surface area contributed by atoms with Gasteiger partial charge in [-0.1, -0.05) is 24.6 Å². The Bertz CT molecular complexity index is 772. The van der Waals surface area contributed by atoms with E-state index in [1.54, 1.807) is 5.57 Å². The van der Waals surface area contributed by atoms with Gasteiger partial charge in [-0.2, -0.15) is 0 Å². The second-order valence-corrected chi connectivity index (χ2v) is 10.7. The number of hydrogen-bond acceptors (Lipinski definition) is 4. The number of hydrogen-bond donors (Lipinski definition) is 1. The van der Waals surface area contributed by atoms with Crippen molar-refractivity contribution in [3.8, 4) is 0 Å². The van der Waals surface area contributed by atoms with Crippen LogP contribution in [0.1, 0.15) is 65.2 Å². The van der Waals surface area contributed by atoms with Crippen molar-refractivity contribution in [3.05, 3.63) is 11.6 Å². The van der Waals surface area contributed by atoms with Crippen molar-refractivity contribution < 1.29 is 14.7 Å². The van der Waals surface area contributed by atoms with E-state index in [1.807, 2.05) is 0 Å². The van der Waals surface area contributed by atoms with Crippen molar-refractivity contribution in [2.24, 2.45) is 52.0 Å². The van der Waals surface area contributed by atoms with E-state index in [2.05, 4.69) is 25.1 Å². The highest BCUT2D eigenvalue weighted by Crippen LogP contribution is 2.78. The molecular formula is C23H31NO3. The summed E-state index contributed by atoms with van der Waals surface area (Å²) in [6.07, 6.45) is 10.8. The van der Waals surface area contributed by atoms with Gasteiger partial charge in [0, 0.05) is 17.8 Å². The first-order valence-corrected chi connectivity index (χ1v) is 11.1. The van der Waals surface area contributed by atoms with E-state index in [0.29, 0.717) is 24.2 Å². The third-order valence-electron chi connectivity index (χ3n) is 9.90. The molecule has 6 aliphatic rings. The van der Waals surface area contributed by atoms with E-state index in [-0.39, 0.29) is 17.0 Å². The van der Waals surface area contributed by atoms with Crippen molar-refractivity contribution in [2.45, 2.75) is 70.8 Å². The van der Waals surface area contributed by atoms with Gasteiger partial charge < -0.3 is 9.94 Å². The molecule has 0 bridgehead atoms.